The van der Waals surface area contributed by atoms with Crippen molar-refractivity contribution in [2.75, 3.05) is 0 Å². The predicted molar refractivity (Wildman–Crippen MR) is 142 cm³/mol. The second-order valence-corrected chi connectivity index (χ2v) is 10.6. The molecule has 0 saturated carbocycles. The summed E-state index contributed by atoms with van der Waals surface area (Å²) in [5.41, 5.74) is 3.19. The number of halogens is 2. The van der Waals surface area contributed by atoms with Gasteiger partial charge in [0.2, 0.25) is 5.91 Å². The average Bonchev–Trinajstić information content (AvgIpc) is 2.78. The monoisotopic (exact) mass is 497 g/mol. The molecule has 0 aliphatic heterocycles. The molecule has 0 radical (unpaired) electrons. The van der Waals surface area contributed by atoms with Crippen molar-refractivity contribution < 1.29 is 9.53 Å². The van der Waals surface area contributed by atoms with Crippen LogP contribution in [0.2, 0.25) is 10.0 Å². The van der Waals surface area contributed by atoms with Crippen LogP contribution in [0.3, 0.4) is 0 Å². The van der Waals surface area contributed by atoms with Gasteiger partial charge in [0.1, 0.15) is 11.4 Å². The van der Waals surface area contributed by atoms with Gasteiger partial charge in [-0.3, -0.25) is 4.79 Å². The van der Waals surface area contributed by atoms with Gasteiger partial charge in [-0.15, -0.1) is 0 Å². The lowest BCUT2D eigenvalue weighted by Gasteiger charge is -2.26. The van der Waals surface area contributed by atoms with E-state index < -0.39 is 0 Å². The normalized spacial score (nSPS) is 13.2. The lowest BCUT2D eigenvalue weighted by Crippen LogP contribution is -2.38. The summed E-state index contributed by atoms with van der Waals surface area (Å²) in [5, 5.41) is 4.63. The van der Waals surface area contributed by atoms with E-state index in [0.29, 0.717) is 22.9 Å². The van der Waals surface area contributed by atoms with Gasteiger partial charge in [-0.05, 0) is 93.6 Å². The Morgan fingerprint density at radius 3 is 1.94 bits per heavy atom. The first-order valence-corrected chi connectivity index (χ1v) is 12.4. The van der Waals surface area contributed by atoms with E-state index in [9.17, 15) is 4.79 Å². The second-order valence-electron chi connectivity index (χ2n) is 9.70. The van der Waals surface area contributed by atoms with Crippen LogP contribution >= 0.6 is 23.2 Å². The summed E-state index contributed by atoms with van der Waals surface area (Å²) in [6.07, 6.45) is 1.89. The number of hydrogen-bond donors (Lipinski definition) is 1. The third-order valence-corrected chi connectivity index (χ3v) is 6.15. The Labute approximate surface area is 213 Å². The molecule has 3 nitrogen and oxygen atoms in total. The number of amides is 1. The number of benzene rings is 3. The molecule has 0 spiro atoms. The number of aryl methyl sites for hydroxylation is 1. The van der Waals surface area contributed by atoms with Crippen LogP contribution in [-0.2, 0) is 17.6 Å². The average molecular weight is 498 g/mol. The predicted octanol–water partition coefficient (Wildman–Crippen LogP) is 7.63. The van der Waals surface area contributed by atoms with E-state index in [2.05, 4.69) is 12.2 Å². The third-order valence-electron chi connectivity index (χ3n) is 5.65. The molecule has 0 aliphatic carbocycles. The summed E-state index contributed by atoms with van der Waals surface area (Å²) in [4.78, 5) is 12.8. The Morgan fingerprint density at radius 1 is 0.853 bits per heavy atom. The number of carbonyl (C=O) groups excluding carboxylic acids is 1. The Hall–Kier alpha value is -2.49. The number of hydrogen-bond acceptors (Lipinski definition) is 2. The van der Waals surface area contributed by atoms with E-state index in [-0.39, 0.29) is 23.5 Å². The molecule has 1 amide bonds. The first kappa shape index (κ1) is 26.1. The fraction of sp³-hybridized carbons (Fsp3) is 0.345. The van der Waals surface area contributed by atoms with Crippen LogP contribution in [0, 0.1) is 0 Å². The molecule has 1 N–H and O–H groups in total. The highest BCUT2D eigenvalue weighted by atomic mass is 35.5. The maximum Gasteiger partial charge on any atom is 0.220 e. The largest absolute Gasteiger partial charge is 0.488 e. The molecule has 180 valence electrons. The zero-order valence-corrected chi connectivity index (χ0v) is 21.8. The van der Waals surface area contributed by atoms with Gasteiger partial charge in [-0.2, -0.15) is 0 Å². The van der Waals surface area contributed by atoms with Gasteiger partial charge in [-0.1, -0.05) is 59.6 Å². The second kappa shape index (κ2) is 11.8. The molecule has 3 aromatic rings. The van der Waals surface area contributed by atoms with E-state index in [1.807, 2.05) is 93.6 Å². The molecule has 3 aromatic carbocycles. The standard InChI is InChI=1S/C29H33Cl2NO2/c1-20(32-28(33)18-9-21-7-16-26(17-8-21)34-29(2,3)4)27(23-10-14-25(31)15-11-23)19-22-5-12-24(30)13-6-22/h5-8,10-17,20,27H,9,18-19H2,1-4H3,(H,32,33)/t20-,27+/m1/s1. The van der Waals surface area contributed by atoms with E-state index in [4.69, 9.17) is 27.9 Å². The maximum absolute atomic E-state index is 12.8. The van der Waals surface area contributed by atoms with Crippen LogP contribution in [0.1, 0.15) is 56.7 Å². The topological polar surface area (TPSA) is 38.3 Å². The van der Waals surface area contributed by atoms with Gasteiger partial charge in [0.15, 0.2) is 0 Å². The first-order chi connectivity index (χ1) is 16.1. The Kier molecular flexibility index (Phi) is 9.04. The summed E-state index contributed by atoms with van der Waals surface area (Å²) < 4.78 is 5.87. The van der Waals surface area contributed by atoms with Gasteiger partial charge in [0.25, 0.3) is 0 Å². The van der Waals surface area contributed by atoms with Gasteiger partial charge in [-0.25, -0.2) is 0 Å². The van der Waals surface area contributed by atoms with Gasteiger partial charge in [0, 0.05) is 28.4 Å². The van der Waals surface area contributed by atoms with Gasteiger partial charge < -0.3 is 10.1 Å². The van der Waals surface area contributed by atoms with Crippen molar-refractivity contribution >= 4 is 29.1 Å². The van der Waals surface area contributed by atoms with Gasteiger partial charge >= 0.3 is 0 Å². The fourth-order valence-corrected chi connectivity index (χ4v) is 4.18. The third kappa shape index (κ3) is 8.38. The summed E-state index contributed by atoms with van der Waals surface area (Å²) in [6.45, 7) is 8.13. The van der Waals surface area contributed by atoms with E-state index in [1.165, 1.54) is 5.56 Å². The smallest absolute Gasteiger partial charge is 0.220 e. The minimum atomic E-state index is -0.232. The molecule has 2 atom stereocenters. The van der Waals surface area contributed by atoms with Crippen molar-refractivity contribution in [1.82, 2.24) is 5.32 Å². The molecule has 34 heavy (non-hydrogen) atoms. The van der Waals surface area contributed by atoms with Gasteiger partial charge in [0.05, 0.1) is 0 Å². The molecule has 0 unspecified atom stereocenters. The van der Waals surface area contributed by atoms with E-state index in [1.54, 1.807) is 0 Å². The molecule has 0 aliphatic rings. The first-order valence-electron chi connectivity index (χ1n) is 11.7. The van der Waals surface area contributed by atoms with E-state index >= 15 is 0 Å². The van der Waals surface area contributed by atoms with Crippen molar-refractivity contribution in [2.45, 2.75) is 64.5 Å². The van der Waals surface area contributed by atoms with Crippen LogP contribution in [0.25, 0.3) is 0 Å². The van der Waals surface area contributed by atoms with Crippen LogP contribution in [0.15, 0.2) is 72.8 Å². The Balaban J connectivity index is 1.62. The molecule has 3 rings (SSSR count). The van der Waals surface area contributed by atoms with Crippen LogP contribution in [0.4, 0.5) is 0 Å². The number of nitrogens with one attached hydrogen (secondary N) is 1. The molecule has 0 aromatic heterocycles. The lowest BCUT2D eigenvalue weighted by atomic mass is 9.86. The number of carbonyl (C=O) groups is 1. The minimum Gasteiger partial charge on any atom is -0.488 e. The molecular formula is C29H33Cl2NO2. The highest BCUT2D eigenvalue weighted by molar-refractivity contribution is 6.30. The highest BCUT2D eigenvalue weighted by Crippen LogP contribution is 2.27. The summed E-state index contributed by atoms with van der Waals surface area (Å²) in [5.74, 6) is 0.983. The van der Waals surface area contributed by atoms with Crippen molar-refractivity contribution in [3.05, 3.63) is 99.5 Å². The molecule has 0 fully saturated rings. The molecule has 0 heterocycles. The Bertz CT molecular complexity index is 1060. The zero-order chi connectivity index (χ0) is 24.7. The highest BCUT2D eigenvalue weighted by Gasteiger charge is 2.22. The minimum absolute atomic E-state index is 0.0394. The van der Waals surface area contributed by atoms with E-state index in [0.717, 1.165) is 23.3 Å². The molecular weight excluding hydrogens is 465 g/mol. The van der Waals surface area contributed by atoms with Crippen molar-refractivity contribution in [3.8, 4) is 5.75 Å². The van der Waals surface area contributed by atoms with Crippen LogP contribution < -0.4 is 10.1 Å². The summed E-state index contributed by atoms with van der Waals surface area (Å²) in [6, 6.07) is 23.7. The lowest BCUT2D eigenvalue weighted by molar-refractivity contribution is -0.121. The number of rotatable bonds is 9. The van der Waals surface area contributed by atoms with Crippen molar-refractivity contribution in [2.24, 2.45) is 0 Å². The van der Waals surface area contributed by atoms with Crippen molar-refractivity contribution in [3.63, 3.8) is 0 Å². The molecule has 0 saturated heterocycles. The summed E-state index contributed by atoms with van der Waals surface area (Å²) in [7, 11) is 0. The quantitative estimate of drug-likeness (QED) is 0.329. The molecule has 0 bridgehead atoms. The van der Waals surface area contributed by atoms with Crippen LogP contribution in [0.5, 0.6) is 5.75 Å². The molecule has 5 heteroatoms. The fourth-order valence-electron chi connectivity index (χ4n) is 3.93. The van der Waals surface area contributed by atoms with Crippen molar-refractivity contribution in [1.29, 1.82) is 0 Å². The summed E-state index contributed by atoms with van der Waals surface area (Å²) >= 11 is 12.2. The maximum atomic E-state index is 12.8. The van der Waals surface area contributed by atoms with Crippen LogP contribution in [-0.4, -0.2) is 17.6 Å². The number of ether oxygens (including phenoxy) is 1. The SMILES string of the molecule is C[C@@H](NC(=O)CCc1ccc(OC(C)(C)C)cc1)[C@H](Cc1ccc(Cl)cc1)c1ccc(Cl)cc1. The Morgan fingerprint density at radius 2 is 1.38 bits per heavy atom. The zero-order valence-electron chi connectivity index (χ0n) is 20.3.